The number of anilines is 2. The third-order valence-electron chi connectivity index (χ3n) is 4.95. The van der Waals surface area contributed by atoms with Crippen LogP contribution in [0.4, 0.5) is 11.6 Å². The number of carbonyl (C=O) groups is 1. The molecule has 0 radical (unpaired) electrons. The van der Waals surface area contributed by atoms with Crippen molar-refractivity contribution in [2.24, 2.45) is 0 Å². The van der Waals surface area contributed by atoms with Crippen LogP contribution in [0.3, 0.4) is 0 Å². The average Bonchev–Trinajstić information content (AvgIpc) is 3.16. The lowest BCUT2D eigenvalue weighted by molar-refractivity contribution is 0.0299. The van der Waals surface area contributed by atoms with Gasteiger partial charge in [0, 0.05) is 25.3 Å². The molecule has 1 aliphatic rings. The second-order valence-corrected chi connectivity index (χ2v) is 7.38. The Kier molecular flexibility index (Phi) is 5.71. The number of nitrogens with one attached hydrogen (secondary N) is 1. The summed E-state index contributed by atoms with van der Waals surface area (Å²) in [6.07, 6.45) is 5.16. The Morgan fingerprint density at radius 2 is 1.90 bits per heavy atom. The van der Waals surface area contributed by atoms with Crippen LogP contribution < -0.4 is 5.32 Å². The summed E-state index contributed by atoms with van der Waals surface area (Å²) < 4.78 is 7.43. The van der Waals surface area contributed by atoms with E-state index in [1.54, 1.807) is 29.4 Å². The molecular formula is C21H25N7O2. The zero-order valence-electron chi connectivity index (χ0n) is 17.4. The van der Waals surface area contributed by atoms with Crippen LogP contribution in [0.1, 0.15) is 36.2 Å². The van der Waals surface area contributed by atoms with Gasteiger partial charge in [0.15, 0.2) is 0 Å². The van der Waals surface area contributed by atoms with E-state index in [2.05, 4.69) is 43.7 Å². The van der Waals surface area contributed by atoms with E-state index in [-0.39, 0.29) is 11.9 Å². The van der Waals surface area contributed by atoms with Crippen LogP contribution in [0, 0.1) is 6.92 Å². The lowest BCUT2D eigenvalue weighted by Gasteiger charge is -2.26. The van der Waals surface area contributed by atoms with E-state index < -0.39 is 0 Å². The topological polar surface area (TPSA) is 98.1 Å². The Morgan fingerprint density at radius 3 is 2.60 bits per heavy atom. The first-order chi connectivity index (χ1) is 14.5. The molecule has 1 N–H and O–H groups in total. The van der Waals surface area contributed by atoms with Crippen molar-refractivity contribution in [2.75, 3.05) is 31.6 Å². The smallest absolute Gasteiger partial charge is 0.272 e. The molecule has 9 nitrogen and oxygen atoms in total. The predicted octanol–water partition coefficient (Wildman–Crippen LogP) is 2.84. The third kappa shape index (κ3) is 4.16. The highest BCUT2D eigenvalue weighted by atomic mass is 16.5. The van der Waals surface area contributed by atoms with Crippen molar-refractivity contribution >= 4 is 17.5 Å². The predicted molar refractivity (Wildman–Crippen MR) is 113 cm³/mol. The quantitative estimate of drug-likeness (QED) is 0.694. The summed E-state index contributed by atoms with van der Waals surface area (Å²) in [6, 6.07) is 5.65. The zero-order valence-corrected chi connectivity index (χ0v) is 17.4. The maximum absolute atomic E-state index is 12.5. The third-order valence-corrected chi connectivity index (χ3v) is 4.95. The van der Waals surface area contributed by atoms with E-state index in [1.807, 2.05) is 19.2 Å². The monoisotopic (exact) mass is 407 g/mol. The molecule has 3 aromatic heterocycles. The number of nitrogens with zero attached hydrogens (tertiary/aromatic N) is 6. The first-order valence-corrected chi connectivity index (χ1v) is 10.0. The molecule has 156 valence electrons. The van der Waals surface area contributed by atoms with Gasteiger partial charge in [0.25, 0.3) is 5.91 Å². The first kappa shape index (κ1) is 20.0. The van der Waals surface area contributed by atoms with Crippen molar-refractivity contribution in [2.45, 2.75) is 26.8 Å². The van der Waals surface area contributed by atoms with Crippen molar-refractivity contribution in [3.63, 3.8) is 0 Å². The number of pyridine rings is 1. The summed E-state index contributed by atoms with van der Waals surface area (Å²) in [7, 11) is 0. The number of amides is 1. The van der Waals surface area contributed by atoms with Gasteiger partial charge in [0.05, 0.1) is 42.7 Å². The average molecular weight is 407 g/mol. The van der Waals surface area contributed by atoms with Gasteiger partial charge in [-0.1, -0.05) is 0 Å². The fourth-order valence-corrected chi connectivity index (χ4v) is 3.51. The Labute approximate surface area is 175 Å². The minimum atomic E-state index is -0.0829. The molecule has 0 aromatic carbocycles. The maximum Gasteiger partial charge on any atom is 0.272 e. The van der Waals surface area contributed by atoms with Gasteiger partial charge in [0.1, 0.15) is 11.5 Å². The summed E-state index contributed by atoms with van der Waals surface area (Å²) in [5.41, 5.74) is 2.85. The standard InChI is InChI=1S/C21H25N7O2/c1-14(2)28-15(3)23-13-19(28)17-6-7-22-21(26-17)25-16-4-5-18(24-12-16)20(29)27-8-10-30-11-9-27/h4-7,12-14H,8-11H2,1-3H3,(H,22,25,26). The number of carbonyl (C=O) groups excluding carboxylic acids is 1. The Bertz CT molecular complexity index is 1020. The number of aromatic nitrogens is 5. The van der Waals surface area contributed by atoms with E-state index in [9.17, 15) is 4.79 Å². The fraction of sp³-hybridized carbons (Fsp3) is 0.381. The highest BCUT2D eigenvalue weighted by Crippen LogP contribution is 2.24. The summed E-state index contributed by atoms with van der Waals surface area (Å²) >= 11 is 0. The van der Waals surface area contributed by atoms with Crippen LogP contribution in [0.5, 0.6) is 0 Å². The zero-order chi connectivity index (χ0) is 21.1. The Hall–Kier alpha value is -3.33. The van der Waals surface area contributed by atoms with Gasteiger partial charge in [0.2, 0.25) is 5.95 Å². The van der Waals surface area contributed by atoms with Crippen LogP contribution in [0.25, 0.3) is 11.4 Å². The van der Waals surface area contributed by atoms with Crippen LogP contribution in [0.15, 0.2) is 36.8 Å². The largest absolute Gasteiger partial charge is 0.378 e. The lowest BCUT2D eigenvalue weighted by Crippen LogP contribution is -2.41. The molecule has 0 atom stereocenters. The van der Waals surface area contributed by atoms with Gasteiger partial charge in [-0.3, -0.25) is 4.79 Å². The van der Waals surface area contributed by atoms with Crippen LogP contribution in [-0.2, 0) is 4.74 Å². The molecule has 1 aliphatic heterocycles. The number of imidazole rings is 1. The van der Waals surface area contributed by atoms with Crippen molar-refractivity contribution in [3.05, 3.63) is 48.3 Å². The number of hydrogen-bond acceptors (Lipinski definition) is 7. The van der Waals surface area contributed by atoms with Gasteiger partial charge in [-0.2, -0.15) is 0 Å². The molecule has 1 saturated heterocycles. The van der Waals surface area contributed by atoms with Crippen molar-refractivity contribution in [1.29, 1.82) is 0 Å². The minimum absolute atomic E-state index is 0.0829. The van der Waals surface area contributed by atoms with Gasteiger partial charge >= 0.3 is 0 Å². The summed E-state index contributed by atoms with van der Waals surface area (Å²) in [6.45, 7) is 8.52. The number of hydrogen-bond donors (Lipinski definition) is 1. The Balaban J connectivity index is 1.50. The van der Waals surface area contributed by atoms with Crippen molar-refractivity contribution in [3.8, 4) is 11.4 Å². The van der Waals surface area contributed by atoms with Gasteiger partial charge in [-0.25, -0.2) is 19.9 Å². The Morgan fingerprint density at radius 1 is 1.10 bits per heavy atom. The number of ether oxygens (including phenoxy) is 1. The molecule has 30 heavy (non-hydrogen) atoms. The molecule has 0 aliphatic carbocycles. The molecule has 0 saturated carbocycles. The number of rotatable bonds is 5. The van der Waals surface area contributed by atoms with E-state index >= 15 is 0 Å². The van der Waals surface area contributed by atoms with E-state index in [4.69, 9.17) is 4.74 Å². The SMILES string of the molecule is Cc1ncc(-c2ccnc(Nc3ccc(C(=O)N4CCOCC4)nc3)n2)n1C(C)C. The molecule has 4 heterocycles. The molecule has 0 spiro atoms. The highest BCUT2D eigenvalue weighted by Gasteiger charge is 2.19. The van der Waals surface area contributed by atoms with E-state index in [0.29, 0.717) is 43.6 Å². The summed E-state index contributed by atoms with van der Waals surface area (Å²) in [5, 5.41) is 3.16. The maximum atomic E-state index is 12.5. The van der Waals surface area contributed by atoms with Crippen molar-refractivity contribution in [1.82, 2.24) is 29.4 Å². The lowest BCUT2D eigenvalue weighted by atomic mass is 10.2. The normalized spacial score (nSPS) is 14.2. The van der Waals surface area contributed by atoms with E-state index in [1.165, 1.54) is 0 Å². The number of aryl methyl sites for hydroxylation is 1. The minimum Gasteiger partial charge on any atom is -0.378 e. The molecular weight excluding hydrogens is 382 g/mol. The van der Waals surface area contributed by atoms with Gasteiger partial charge < -0.3 is 19.5 Å². The molecule has 1 amide bonds. The van der Waals surface area contributed by atoms with Crippen molar-refractivity contribution < 1.29 is 9.53 Å². The molecule has 4 rings (SSSR count). The van der Waals surface area contributed by atoms with Gasteiger partial charge in [-0.05, 0) is 39.0 Å². The number of morpholine rings is 1. The highest BCUT2D eigenvalue weighted by molar-refractivity contribution is 5.92. The van der Waals surface area contributed by atoms with Crippen LogP contribution in [0.2, 0.25) is 0 Å². The molecule has 1 fully saturated rings. The van der Waals surface area contributed by atoms with Gasteiger partial charge in [-0.15, -0.1) is 0 Å². The first-order valence-electron chi connectivity index (χ1n) is 10.0. The molecule has 3 aromatic rings. The fourth-order valence-electron chi connectivity index (χ4n) is 3.51. The molecule has 0 unspecified atom stereocenters. The second kappa shape index (κ2) is 8.58. The summed E-state index contributed by atoms with van der Waals surface area (Å²) in [5.74, 6) is 1.31. The van der Waals surface area contributed by atoms with Crippen LogP contribution >= 0.6 is 0 Å². The summed E-state index contributed by atoms with van der Waals surface area (Å²) in [4.78, 5) is 31.9. The van der Waals surface area contributed by atoms with Crippen LogP contribution in [-0.4, -0.2) is 61.6 Å². The second-order valence-electron chi connectivity index (χ2n) is 7.38. The van der Waals surface area contributed by atoms with E-state index in [0.717, 1.165) is 17.2 Å². The molecule has 9 heteroatoms. The molecule has 0 bridgehead atoms.